The third kappa shape index (κ3) is 4.25. The number of rotatable bonds is 5. The minimum absolute atomic E-state index is 0.157. The van der Waals surface area contributed by atoms with Gasteiger partial charge in [0.05, 0.1) is 16.3 Å². The van der Waals surface area contributed by atoms with Crippen LogP contribution in [0.5, 0.6) is 0 Å². The number of pyridine rings is 1. The van der Waals surface area contributed by atoms with Crippen LogP contribution >= 0.6 is 0 Å². The second kappa shape index (κ2) is 8.28. The number of para-hydroxylation sites is 1. The van der Waals surface area contributed by atoms with E-state index in [0.717, 1.165) is 65.8 Å². The molecule has 27 heavy (non-hydrogen) atoms. The first kappa shape index (κ1) is 18.3. The molecule has 3 nitrogen and oxygen atoms in total. The Bertz CT molecular complexity index is 952. The molecule has 3 aromatic rings. The normalized spacial score (nSPS) is 16.5. The Kier molecular flexibility index (Phi) is 5.60. The Hall–Kier alpha value is -2.11. The van der Waals surface area contributed by atoms with Crippen LogP contribution in [0.4, 0.5) is 4.39 Å². The van der Waals surface area contributed by atoms with Crippen molar-refractivity contribution in [3.8, 4) is 0 Å². The quantitative estimate of drug-likeness (QED) is 0.725. The molecular weight excluding hydrogens is 359 g/mol. The molecule has 1 saturated heterocycles. The summed E-state index contributed by atoms with van der Waals surface area (Å²) >= 11 is 0. The average Bonchev–Trinajstić information content (AvgIpc) is 2.73. The van der Waals surface area contributed by atoms with Gasteiger partial charge >= 0.3 is 0 Å². The topological polar surface area (TPSA) is 42.0 Å². The second-order valence-corrected chi connectivity index (χ2v) is 8.67. The summed E-state index contributed by atoms with van der Waals surface area (Å²) < 4.78 is 26.4. The standard InChI is InChI=1S/C22H23FN2OS/c23-19-9-6-16(7-10-19)5-8-18-15-17-3-1-2-4-21(17)25-22(18)27(26)20-11-13-24-14-12-20/h1-4,6-7,9-10,15,20,24H,5,8,11-14H2. The number of hydrogen-bond acceptors (Lipinski definition) is 3. The van der Waals surface area contributed by atoms with Crippen molar-refractivity contribution in [1.82, 2.24) is 10.3 Å². The fraction of sp³-hybridized carbons (Fsp3) is 0.318. The summed E-state index contributed by atoms with van der Waals surface area (Å²) in [7, 11) is -1.11. The van der Waals surface area contributed by atoms with Crippen molar-refractivity contribution in [3.05, 3.63) is 71.5 Å². The smallest absolute Gasteiger partial charge is 0.131 e. The van der Waals surface area contributed by atoms with Gasteiger partial charge < -0.3 is 5.32 Å². The van der Waals surface area contributed by atoms with Crippen LogP contribution in [0, 0.1) is 5.82 Å². The lowest BCUT2D eigenvalue weighted by Gasteiger charge is -2.22. The molecule has 0 bridgehead atoms. The molecule has 0 saturated carbocycles. The summed E-state index contributed by atoms with van der Waals surface area (Å²) in [5, 5.41) is 5.28. The summed E-state index contributed by atoms with van der Waals surface area (Å²) in [5.74, 6) is -0.223. The summed E-state index contributed by atoms with van der Waals surface area (Å²) in [6, 6.07) is 16.7. The van der Waals surface area contributed by atoms with E-state index in [1.807, 2.05) is 36.4 Å². The van der Waals surface area contributed by atoms with E-state index >= 15 is 0 Å². The lowest BCUT2D eigenvalue weighted by Crippen LogP contribution is -2.33. The highest BCUT2D eigenvalue weighted by atomic mass is 32.2. The first-order chi connectivity index (χ1) is 13.2. The molecular formula is C22H23FN2OS. The highest BCUT2D eigenvalue weighted by Crippen LogP contribution is 2.25. The van der Waals surface area contributed by atoms with E-state index in [1.54, 1.807) is 0 Å². The highest BCUT2D eigenvalue weighted by molar-refractivity contribution is 7.85. The summed E-state index contributed by atoms with van der Waals surface area (Å²) in [6.07, 6.45) is 3.35. The van der Waals surface area contributed by atoms with Gasteiger partial charge in [0.2, 0.25) is 0 Å². The maximum Gasteiger partial charge on any atom is 0.131 e. The fourth-order valence-electron chi connectivity index (χ4n) is 3.59. The number of benzene rings is 2. The third-order valence-corrected chi connectivity index (χ3v) is 6.95. The summed E-state index contributed by atoms with van der Waals surface area (Å²) in [6.45, 7) is 1.82. The third-order valence-electron chi connectivity index (χ3n) is 5.14. The van der Waals surface area contributed by atoms with E-state index < -0.39 is 10.8 Å². The largest absolute Gasteiger partial charge is 0.317 e. The van der Waals surface area contributed by atoms with Gasteiger partial charge in [-0.1, -0.05) is 30.3 Å². The number of halogens is 1. The van der Waals surface area contributed by atoms with E-state index in [0.29, 0.717) is 0 Å². The van der Waals surface area contributed by atoms with Crippen molar-refractivity contribution in [3.63, 3.8) is 0 Å². The SMILES string of the molecule is O=S(c1nc2ccccc2cc1CCc1ccc(F)cc1)C1CCNCC1. The van der Waals surface area contributed by atoms with Crippen molar-refractivity contribution >= 4 is 21.7 Å². The number of aromatic nitrogens is 1. The van der Waals surface area contributed by atoms with Crippen LogP contribution in [0.1, 0.15) is 24.0 Å². The molecule has 0 radical (unpaired) electrons. The molecule has 1 unspecified atom stereocenters. The van der Waals surface area contributed by atoms with Crippen molar-refractivity contribution < 1.29 is 8.60 Å². The molecule has 2 aromatic carbocycles. The van der Waals surface area contributed by atoms with Crippen LogP contribution in [-0.2, 0) is 23.6 Å². The molecule has 1 aromatic heterocycles. The van der Waals surface area contributed by atoms with Gasteiger partial charge in [-0.3, -0.25) is 4.21 Å². The first-order valence-electron chi connectivity index (χ1n) is 9.45. The van der Waals surface area contributed by atoms with Gasteiger partial charge in [-0.05, 0) is 74.2 Å². The Labute approximate surface area is 161 Å². The van der Waals surface area contributed by atoms with E-state index in [1.165, 1.54) is 12.1 Å². The van der Waals surface area contributed by atoms with Crippen LogP contribution in [0.3, 0.4) is 0 Å². The molecule has 1 fully saturated rings. The molecule has 1 aliphatic rings. The van der Waals surface area contributed by atoms with Gasteiger partial charge in [0.25, 0.3) is 0 Å². The fourth-order valence-corrected chi connectivity index (χ4v) is 5.18. The molecule has 1 N–H and O–H groups in total. The summed E-state index contributed by atoms with van der Waals surface area (Å²) in [4.78, 5) is 4.80. The molecule has 2 heterocycles. The lowest BCUT2D eigenvalue weighted by atomic mass is 10.0. The molecule has 4 rings (SSSR count). The van der Waals surface area contributed by atoms with Crippen molar-refractivity contribution in [2.45, 2.75) is 36.0 Å². The minimum atomic E-state index is -1.11. The lowest BCUT2D eigenvalue weighted by molar-refractivity contribution is 0.518. The molecule has 5 heteroatoms. The number of hydrogen-bond donors (Lipinski definition) is 1. The summed E-state index contributed by atoms with van der Waals surface area (Å²) in [5.41, 5.74) is 3.00. The van der Waals surface area contributed by atoms with Gasteiger partial charge in [-0.15, -0.1) is 0 Å². The van der Waals surface area contributed by atoms with Gasteiger partial charge in [-0.2, -0.15) is 0 Å². The van der Waals surface area contributed by atoms with E-state index in [9.17, 15) is 8.60 Å². The number of nitrogens with zero attached hydrogens (tertiary/aromatic N) is 1. The molecule has 140 valence electrons. The maximum absolute atomic E-state index is 13.3. The number of fused-ring (bicyclic) bond motifs is 1. The van der Waals surface area contributed by atoms with E-state index in [4.69, 9.17) is 4.98 Å². The van der Waals surface area contributed by atoms with Crippen LogP contribution < -0.4 is 5.32 Å². The zero-order valence-electron chi connectivity index (χ0n) is 15.2. The predicted molar refractivity (Wildman–Crippen MR) is 108 cm³/mol. The molecule has 0 spiro atoms. The predicted octanol–water partition coefficient (Wildman–Crippen LogP) is 4.02. The van der Waals surface area contributed by atoms with E-state index in [2.05, 4.69) is 11.4 Å². The monoisotopic (exact) mass is 382 g/mol. The Morgan fingerprint density at radius 1 is 1.04 bits per heavy atom. The van der Waals surface area contributed by atoms with Gasteiger partial charge in [0, 0.05) is 10.6 Å². The van der Waals surface area contributed by atoms with Crippen LogP contribution in [0.25, 0.3) is 10.9 Å². The Morgan fingerprint density at radius 3 is 2.56 bits per heavy atom. The van der Waals surface area contributed by atoms with Gasteiger partial charge in [0.15, 0.2) is 0 Å². The van der Waals surface area contributed by atoms with Crippen molar-refractivity contribution in [2.24, 2.45) is 0 Å². The van der Waals surface area contributed by atoms with Gasteiger partial charge in [0.1, 0.15) is 10.8 Å². The molecule has 1 aliphatic heterocycles. The zero-order valence-corrected chi connectivity index (χ0v) is 16.0. The van der Waals surface area contributed by atoms with Gasteiger partial charge in [-0.25, -0.2) is 9.37 Å². The minimum Gasteiger partial charge on any atom is -0.317 e. The first-order valence-corrected chi connectivity index (χ1v) is 10.7. The van der Waals surface area contributed by atoms with Crippen molar-refractivity contribution in [2.75, 3.05) is 13.1 Å². The Balaban J connectivity index is 1.65. The molecule has 1 atom stereocenters. The zero-order chi connectivity index (χ0) is 18.6. The van der Waals surface area contributed by atoms with Crippen LogP contribution in [0.2, 0.25) is 0 Å². The second-order valence-electron chi connectivity index (χ2n) is 7.02. The highest BCUT2D eigenvalue weighted by Gasteiger charge is 2.24. The number of aryl methyl sites for hydroxylation is 2. The Morgan fingerprint density at radius 2 is 1.78 bits per heavy atom. The van der Waals surface area contributed by atoms with Crippen LogP contribution in [-0.4, -0.2) is 27.5 Å². The number of piperidine rings is 1. The maximum atomic E-state index is 13.3. The molecule has 0 aliphatic carbocycles. The molecule has 0 amide bonds. The van der Waals surface area contributed by atoms with E-state index in [-0.39, 0.29) is 11.1 Å². The van der Waals surface area contributed by atoms with Crippen LogP contribution in [0.15, 0.2) is 59.6 Å². The average molecular weight is 383 g/mol. The number of nitrogens with one attached hydrogen (secondary N) is 1. The van der Waals surface area contributed by atoms with Crippen molar-refractivity contribution in [1.29, 1.82) is 0 Å².